The number of hydrogen-bond acceptors (Lipinski definition) is 7. The van der Waals surface area contributed by atoms with Gasteiger partial charge in [0.05, 0.1) is 48.0 Å². The van der Waals surface area contributed by atoms with Crippen LogP contribution in [0.1, 0.15) is 72.8 Å². The van der Waals surface area contributed by atoms with Crippen molar-refractivity contribution < 1.29 is 40.6 Å². The van der Waals surface area contributed by atoms with Crippen LogP contribution in [-0.4, -0.2) is 46.1 Å². The number of carbonyl (C=O) groups is 1. The molecule has 0 saturated heterocycles. The molecule has 45 heavy (non-hydrogen) atoms. The normalized spacial score (nSPS) is 16.7. The number of hydrogen-bond donors (Lipinski definition) is 1. The van der Waals surface area contributed by atoms with E-state index in [4.69, 9.17) is 9.47 Å². The number of nitrogens with zero attached hydrogens (tertiary/aromatic N) is 4. The molecule has 0 radical (unpaired) electrons. The quantitative estimate of drug-likeness (QED) is 0.168. The monoisotopic (exact) mass is 703 g/mol. The van der Waals surface area contributed by atoms with Gasteiger partial charge in [0.25, 0.3) is 0 Å². The number of carbonyl (C=O) groups excluding carboxylic acids is 1. The average molecular weight is 705 g/mol. The van der Waals surface area contributed by atoms with Gasteiger partial charge >= 0.3 is 18.4 Å². The Hall–Kier alpha value is -3.62. The van der Waals surface area contributed by atoms with E-state index in [9.17, 15) is 31.1 Å². The molecule has 15 heteroatoms. The highest BCUT2D eigenvalue weighted by atomic mass is 79.9. The molecule has 1 aliphatic rings. The number of amides is 1. The van der Waals surface area contributed by atoms with Crippen molar-refractivity contribution in [3.8, 4) is 5.88 Å². The van der Waals surface area contributed by atoms with Gasteiger partial charge in [0, 0.05) is 30.1 Å². The lowest BCUT2D eigenvalue weighted by Crippen LogP contribution is -2.46. The highest BCUT2D eigenvalue weighted by Gasteiger charge is 2.39. The van der Waals surface area contributed by atoms with Crippen LogP contribution in [0.3, 0.4) is 0 Å². The number of aryl methyl sites for hydroxylation is 1. The zero-order valence-electron chi connectivity index (χ0n) is 24.7. The Morgan fingerprint density at radius 3 is 2.33 bits per heavy atom. The van der Waals surface area contributed by atoms with E-state index in [0.29, 0.717) is 66.0 Å². The number of halogens is 7. The first-order valence-electron chi connectivity index (χ1n) is 14.3. The van der Waals surface area contributed by atoms with Crippen LogP contribution < -0.4 is 15.0 Å². The van der Waals surface area contributed by atoms with E-state index in [2.05, 4.69) is 36.2 Å². The molecule has 0 spiro atoms. The molecule has 0 aliphatic carbocycles. The molecular formula is C30H32BrF6N5O3. The van der Waals surface area contributed by atoms with E-state index in [0.717, 1.165) is 0 Å². The smallest absolute Gasteiger partial charge is 0.416 e. The number of fused-ring (bicyclic) bond motifs is 1. The largest absolute Gasteiger partial charge is 0.481 e. The number of ether oxygens (including phenoxy) is 2. The summed E-state index contributed by atoms with van der Waals surface area (Å²) in [6, 6.07) is 4.05. The van der Waals surface area contributed by atoms with Crippen molar-refractivity contribution >= 4 is 33.7 Å². The second-order valence-corrected chi connectivity index (χ2v) is 11.2. The number of nitrogens with one attached hydrogen (secondary N) is 1. The fraction of sp³-hybridized carbons (Fsp3) is 0.467. The first kappa shape index (κ1) is 34.3. The molecule has 2 aromatic heterocycles. The molecule has 4 rings (SSSR count). The minimum atomic E-state index is -4.97. The van der Waals surface area contributed by atoms with Crippen molar-refractivity contribution in [2.75, 3.05) is 29.3 Å². The molecule has 0 saturated carbocycles. The van der Waals surface area contributed by atoms with E-state index < -0.39 is 35.6 Å². The van der Waals surface area contributed by atoms with Crippen molar-refractivity contribution in [3.05, 3.63) is 70.2 Å². The Morgan fingerprint density at radius 2 is 1.76 bits per heavy atom. The topological polar surface area (TPSA) is 89.5 Å². The number of rotatable bonds is 10. The Kier molecular flexibility index (Phi) is 10.8. The van der Waals surface area contributed by atoms with Gasteiger partial charge in [-0.05, 0) is 68.0 Å². The van der Waals surface area contributed by atoms with Gasteiger partial charge in [0.2, 0.25) is 11.8 Å². The molecule has 3 heterocycles. The lowest BCUT2D eigenvalue weighted by atomic mass is 9.93. The van der Waals surface area contributed by atoms with Gasteiger partial charge in [-0.2, -0.15) is 26.3 Å². The van der Waals surface area contributed by atoms with Crippen LogP contribution >= 0.6 is 15.9 Å². The van der Waals surface area contributed by atoms with E-state index in [-0.39, 0.29) is 42.3 Å². The van der Waals surface area contributed by atoms with E-state index in [1.807, 2.05) is 6.92 Å². The molecule has 1 aliphatic heterocycles. The van der Waals surface area contributed by atoms with Gasteiger partial charge in [-0.25, -0.2) is 19.7 Å². The molecule has 1 N–H and O–H groups in total. The number of pyridine rings is 1. The average Bonchev–Trinajstić information content (AvgIpc) is 2.99. The van der Waals surface area contributed by atoms with Gasteiger partial charge in [0.15, 0.2) is 0 Å². The Morgan fingerprint density at radius 1 is 1.07 bits per heavy atom. The van der Waals surface area contributed by atoms with Gasteiger partial charge in [-0.3, -0.25) is 4.90 Å². The van der Waals surface area contributed by atoms with Crippen LogP contribution in [0, 0.1) is 0 Å². The van der Waals surface area contributed by atoms with Gasteiger partial charge < -0.3 is 14.8 Å². The molecular weight excluding hydrogens is 672 g/mol. The standard InChI is InChI=1S/C30H32BrF6N5O3/c1-4-21-15-23(26-24(8-9-25(41-26)44-3)42(21)28(43)45-5-2)40-27-38-16-18(7-6-10-31)22(39-27)13-17-11-19(29(32,33)34)14-20(12-17)30(35,36)37/h8-9,11-12,14,16,21,23H,4-7,10,13,15H2,1-3H3,(H,38,39,40)/t21-,23+/m1/s1. The maximum atomic E-state index is 13.5. The highest BCUT2D eigenvalue weighted by Crippen LogP contribution is 2.40. The zero-order valence-corrected chi connectivity index (χ0v) is 26.3. The highest BCUT2D eigenvalue weighted by molar-refractivity contribution is 9.09. The van der Waals surface area contributed by atoms with E-state index in [1.165, 1.54) is 13.3 Å². The summed E-state index contributed by atoms with van der Waals surface area (Å²) in [4.78, 5) is 28.1. The Labute approximate surface area is 264 Å². The van der Waals surface area contributed by atoms with Crippen LogP contribution in [0.5, 0.6) is 5.88 Å². The third-order valence-electron chi connectivity index (χ3n) is 7.34. The zero-order chi connectivity index (χ0) is 32.9. The molecule has 244 valence electrons. The Bertz CT molecular complexity index is 1470. The fourth-order valence-corrected chi connectivity index (χ4v) is 5.51. The second-order valence-electron chi connectivity index (χ2n) is 10.4. The predicted octanol–water partition coefficient (Wildman–Crippen LogP) is 8.13. The molecule has 0 unspecified atom stereocenters. The summed E-state index contributed by atoms with van der Waals surface area (Å²) in [7, 11) is 1.46. The predicted molar refractivity (Wildman–Crippen MR) is 159 cm³/mol. The summed E-state index contributed by atoms with van der Waals surface area (Å²) >= 11 is 3.35. The fourth-order valence-electron chi connectivity index (χ4n) is 5.23. The van der Waals surface area contributed by atoms with E-state index >= 15 is 0 Å². The molecule has 3 aromatic rings. The van der Waals surface area contributed by atoms with Gasteiger partial charge in [0.1, 0.15) is 0 Å². The number of aromatic nitrogens is 3. The SMILES string of the molecule is CCOC(=O)N1c2ccc(OC)nc2[C@@H](Nc2ncc(CCCBr)c(Cc3cc(C(F)(F)F)cc(C(F)(F)F)c3)n2)C[C@H]1CC. The van der Waals surface area contributed by atoms with Crippen molar-refractivity contribution in [3.63, 3.8) is 0 Å². The van der Waals surface area contributed by atoms with Crippen LogP contribution in [0.25, 0.3) is 0 Å². The third kappa shape index (κ3) is 8.16. The summed E-state index contributed by atoms with van der Waals surface area (Å²) in [5, 5.41) is 3.86. The van der Waals surface area contributed by atoms with Gasteiger partial charge in [-0.15, -0.1) is 0 Å². The van der Waals surface area contributed by atoms with Crippen molar-refractivity contribution in [2.24, 2.45) is 0 Å². The second kappa shape index (κ2) is 14.2. The minimum Gasteiger partial charge on any atom is -0.481 e. The minimum absolute atomic E-state index is 0.105. The molecule has 8 nitrogen and oxygen atoms in total. The maximum Gasteiger partial charge on any atom is 0.416 e. The van der Waals surface area contributed by atoms with Crippen molar-refractivity contribution in [2.45, 2.75) is 70.4 Å². The van der Waals surface area contributed by atoms with Crippen LogP contribution in [0.15, 0.2) is 36.5 Å². The first-order chi connectivity index (χ1) is 21.3. The first-order valence-corrected chi connectivity index (χ1v) is 15.4. The number of anilines is 2. The van der Waals surface area contributed by atoms with Gasteiger partial charge in [-0.1, -0.05) is 22.9 Å². The summed E-state index contributed by atoms with van der Waals surface area (Å²) in [5.74, 6) is 0.409. The number of alkyl halides is 7. The van der Waals surface area contributed by atoms with Crippen molar-refractivity contribution in [1.29, 1.82) is 0 Å². The molecule has 0 bridgehead atoms. The summed E-state index contributed by atoms with van der Waals surface area (Å²) in [6.07, 6.45) is -7.17. The lowest BCUT2D eigenvalue weighted by Gasteiger charge is -2.39. The third-order valence-corrected chi connectivity index (χ3v) is 7.90. The van der Waals surface area contributed by atoms with Crippen LogP contribution in [0.2, 0.25) is 0 Å². The maximum absolute atomic E-state index is 13.5. The summed E-state index contributed by atoms with van der Waals surface area (Å²) < 4.78 is 91.9. The summed E-state index contributed by atoms with van der Waals surface area (Å²) in [5.41, 5.74) is -1.12. The molecule has 1 amide bonds. The summed E-state index contributed by atoms with van der Waals surface area (Å²) in [6.45, 7) is 3.81. The van der Waals surface area contributed by atoms with E-state index in [1.54, 1.807) is 24.0 Å². The lowest BCUT2D eigenvalue weighted by molar-refractivity contribution is -0.143. The molecule has 0 fully saturated rings. The molecule has 2 atom stereocenters. The number of benzene rings is 1. The van der Waals surface area contributed by atoms with Crippen molar-refractivity contribution in [1.82, 2.24) is 15.0 Å². The van der Waals surface area contributed by atoms with Crippen LogP contribution in [0.4, 0.5) is 42.8 Å². The number of methoxy groups -OCH3 is 1. The molecule has 1 aromatic carbocycles. The van der Waals surface area contributed by atoms with Crippen LogP contribution in [-0.2, 0) is 29.9 Å². The Balaban J connectivity index is 1.75.